The average Bonchev–Trinajstić information content (AvgIpc) is 3.32. The van der Waals surface area contributed by atoms with Gasteiger partial charge in [-0.15, -0.1) is 0 Å². The molecule has 0 spiro atoms. The van der Waals surface area contributed by atoms with E-state index < -0.39 is 41.3 Å². The largest absolute Gasteiger partial charge is 0.461 e. The number of ether oxygens (including phenoxy) is 1. The predicted molar refractivity (Wildman–Crippen MR) is 158 cm³/mol. The highest BCUT2D eigenvalue weighted by Gasteiger charge is 2.41. The summed E-state index contributed by atoms with van der Waals surface area (Å²) in [4.78, 5) is 46.3. The maximum atomic E-state index is 14.2. The second kappa shape index (κ2) is 12.9. The molecule has 42 heavy (non-hydrogen) atoms. The lowest BCUT2D eigenvalue weighted by molar-refractivity contribution is -0.144. The van der Waals surface area contributed by atoms with E-state index in [1.165, 1.54) is 22.4 Å². The highest BCUT2D eigenvalue weighted by Crippen LogP contribution is 2.39. The van der Waals surface area contributed by atoms with Crippen LogP contribution < -0.4 is 10.9 Å². The molecule has 3 heterocycles. The molecule has 4 rings (SSSR count). The number of hydrogen-bond acceptors (Lipinski definition) is 8. The summed E-state index contributed by atoms with van der Waals surface area (Å²) >= 11 is 1.48. The van der Waals surface area contributed by atoms with Gasteiger partial charge in [-0.2, -0.15) is 11.8 Å². The summed E-state index contributed by atoms with van der Waals surface area (Å²) in [6.45, 7) is 3.95. The van der Waals surface area contributed by atoms with E-state index >= 15 is 0 Å². The number of carbonyl (C=O) groups excluding carboxylic acids is 2. The average molecular weight is 603 g/mol. The minimum Gasteiger partial charge on any atom is -0.461 e. The number of pyridine rings is 2. The number of aryl methyl sites for hydroxylation is 1. The van der Waals surface area contributed by atoms with Crippen LogP contribution in [0.3, 0.4) is 0 Å². The minimum atomic E-state index is -2.12. The molecular weight excluding hydrogens is 566 g/mol. The molecule has 1 aromatic carbocycles. The van der Waals surface area contributed by atoms with Crippen molar-refractivity contribution in [3.63, 3.8) is 0 Å². The number of nitrogens with zero attached hydrogens (tertiary/aromatic N) is 3. The predicted octanol–water partition coefficient (Wildman–Crippen LogP) is 3.34. The number of aliphatic hydroxyl groups is 1. The Labute approximate surface area is 247 Å². The van der Waals surface area contributed by atoms with E-state index in [9.17, 15) is 28.3 Å². The Morgan fingerprint density at radius 2 is 1.90 bits per heavy atom. The molecule has 2 aromatic heterocycles. The lowest BCUT2D eigenvalue weighted by Crippen LogP contribution is -2.47. The van der Waals surface area contributed by atoms with Gasteiger partial charge in [-0.1, -0.05) is 13.8 Å². The molecule has 0 unspecified atom stereocenters. The van der Waals surface area contributed by atoms with E-state index in [2.05, 4.69) is 10.3 Å². The SMILES string of the molecule is CCc1c2c(nc3cc(F)c(F)cc13)-c1cc([C@@](O)(CC)C(=O)NCCN(C)C)c(COC(=O)CCSC)c(=O)n1C2. The second-order valence-electron chi connectivity index (χ2n) is 10.5. The summed E-state index contributed by atoms with van der Waals surface area (Å²) in [5.74, 6) is -2.70. The van der Waals surface area contributed by atoms with Crippen LogP contribution >= 0.6 is 11.8 Å². The summed E-state index contributed by atoms with van der Waals surface area (Å²) in [6, 6.07) is 3.67. The van der Waals surface area contributed by atoms with E-state index in [0.29, 0.717) is 41.1 Å². The van der Waals surface area contributed by atoms with Crippen molar-refractivity contribution in [2.45, 2.75) is 51.9 Å². The Morgan fingerprint density at radius 3 is 2.55 bits per heavy atom. The quantitative estimate of drug-likeness (QED) is 0.238. The van der Waals surface area contributed by atoms with Gasteiger partial charge in [0.15, 0.2) is 17.2 Å². The van der Waals surface area contributed by atoms with Crippen molar-refractivity contribution in [1.29, 1.82) is 0 Å². The number of rotatable bonds is 12. The van der Waals surface area contributed by atoms with Crippen LogP contribution in [-0.4, -0.2) is 70.6 Å². The van der Waals surface area contributed by atoms with Crippen LogP contribution in [0.1, 0.15) is 48.9 Å². The van der Waals surface area contributed by atoms with Gasteiger partial charge >= 0.3 is 5.97 Å². The monoisotopic (exact) mass is 602 g/mol. The topological polar surface area (TPSA) is 114 Å². The number of benzene rings is 1. The first kappa shape index (κ1) is 31.6. The summed E-state index contributed by atoms with van der Waals surface area (Å²) in [5, 5.41) is 15.0. The van der Waals surface area contributed by atoms with Crippen molar-refractivity contribution < 1.29 is 28.2 Å². The molecule has 1 atom stereocenters. The lowest BCUT2D eigenvalue weighted by atomic mass is 9.86. The zero-order valence-corrected chi connectivity index (χ0v) is 25.3. The van der Waals surface area contributed by atoms with Crippen LogP contribution in [0.2, 0.25) is 0 Å². The molecular formula is C30H36F2N4O5S. The Bertz CT molecular complexity index is 1590. The van der Waals surface area contributed by atoms with Crippen LogP contribution in [-0.2, 0) is 39.5 Å². The van der Waals surface area contributed by atoms with Crippen molar-refractivity contribution in [3.8, 4) is 11.4 Å². The fourth-order valence-corrected chi connectivity index (χ4v) is 5.65. The summed E-state index contributed by atoms with van der Waals surface area (Å²) < 4.78 is 35.3. The number of nitrogens with one attached hydrogen (secondary N) is 1. The van der Waals surface area contributed by atoms with Crippen molar-refractivity contribution in [1.82, 2.24) is 19.8 Å². The zero-order valence-electron chi connectivity index (χ0n) is 24.5. The molecule has 0 fully saturated rings. The molecule has 1 aliphatic rings. The van der Waals surface area contributed by atoms with Crippen molar-refractivity contribution in [2.75, 3.05) is 39.2 Å². The summed E-state index contributed by atoms with van der Waals surface area (Å²) in [6.07, 6.45) is 2.40. The van der Waals surface area contributed by atoms with Crippen LogP contribution in [0.15, 0.2) is 23.0 Å². The lowest BCUT2D eigenvalue weighted by Gasteiger charge is -2.29. The number of aromatic nitrogens is 2. The highest BCUT2D eigenvalue weighted by atomic mass is 32.2. The Balaban J connectivity index is 1.90. The molecule has 3 aromatic rings. The van der Waals surface area contributed by atoms with Gasteiger partial charge in [0.05, 0.1) is 35.4 Å². The van der Waals surface area contributed by atoms with Gasteiger partial charge in [0, 0.05) is 41.4 Å². The third-order valence-electron chi connectivity index (χ3n) is 7.62. The van der Waals surface area contributed by atoms with Crippen molar-refractivity contribution in [2.24, 2.45) is 0 Å². The maximum Gasteiger partial charge on any atom is 0.306 e. The van der Waals surface area contributed by atoms with Crippen LogP contribution in [0.5, 0.6) is 0 Å². The van der Waals surface area contributed by atoms with Crippen LogP contribution in [0.4, 0.5) is 8.78 Å². The number of halogens is 2. The van der Waals surface area contributed by atoms with E-state index in [-0.39, 0.29) is 42.6 Å². The molecule has 226 valence electrons. The van der Waals surface area contributed by atoms with Crippen molar-refractivity contribution >= 4 is 34.5 Å². The van der Waals surface area contributed by atoms with Crippen LogP contribution in [0, 0.1) is 11.6 Å². The molecule has 1 aliphatic heterocycles. The minimum absolute atomic E-state index is 0.0133. The molecule has 1 amide bonds. The number of esters is 1. The number of likely N-dealkylation sites (N-methyl/N-ethyl adjacent to an activating group) is 1. The normalized spacial score (nSPS) is 13.6. The molecule has 0 bridgehead atoms. The standard InChI is InChI=1S/C30H36F2N4O5S/c1-6-17-18-12-22(31)23(32)14-24(18)34-27-19(17)15-36-25(27)13-21(20(28(36)38)16-41-26(37)8-11-42-5)30(40,7-2)29(39)33-9-10-35(3)4/h12-14,40H,6-11,15-16H2,1-5H3,(H,33,39)/t30-/m0/s1. The maximum absolute atomic E-state index is 14.2. The molecule has 0 saturated heterocycles. The number of carbonyl (C=O) groups is 2. The zero-order chi connectivity index (χ0) is 30.8. The van der Waals surface area contributed by atoms with Gasteiger partial charge in [0.25, 0.3) is 11.5 Å². The third-order valence-corrected chi connectivity index (χ3v) is 8.24. The van der Waals surface area contributed by atoms with E-state index in [4.69, 9.17) is 4.74 Å². The molecule has 0 aliphatic carbocycles. The van der Waals surface area contributed by atoms with E-state index in [1.807, 2.05) is 32.2 Å². The Kier molecular flexibility index (Phi) is 9.69. The molecule has 12 heteroatoms. The molecule has 9 nitrogen and oxygen atoms in total. The molecule has 2 N–H and O–H groups in total. The highest BCUT2D eigenvalue weighted by molar-refractivity contribution is 7.98. The van der Waals surface area contributed by atoms with Gasteiger partial charge in [-0.05, 0) is 50.9 Å². The fraction of sp³-hybridized carbons (Fsp3) is 0.467. The number of fused-ring (bicyclic) bond motifs is 4. The van der Waals surface area contributed by atoms with E-state index in [0.717, 1.165) is 17.7 Å². The first-order chi connectivity index (χ1) is 20.0. The van der Waals surface area contributed by atoms with Gasteiger partial charge in [0.1, 0.15) is 6.61 Å². The second-order valence-corrected chi connectivity index (χ2v) is 11.5. The number of thioether (sulfide) groups is 1. The third kappa shape index (κ3) is 5.93. The first-order valence-corrected chi connectivity index (χ1v) is 15.2. The van der Waals surface area contributed by atoms with Gasteiger partial charge in [-0.3, -0.25) is 14.4 Å². The van der Waals surface area contributed by atoms with Gasteiger partial charge in [-0.25, -0.2) is 13.8 Å². The van der Waals surface area contributed by atoms with Crippen LogP contribution in [0.25, 0.3) is 22.3 Å². The molecule has 0 radical (unpaired) electrons. The van der Waals surface area contributed by atoms with Gasteiger partial charge < -0.3 is 24.6 Å². The smallest absolute Gasteiger partial charge is 0.306 e. The number of amides is 1. The molecule has 0 saturated carbocycles. The summed E-state index contributed by atoms with van der Waals surface area (Å²) in [5.41, 5.74) is -0.338. The Morgan fingerprint density at radius 1 is 1.19 bits per heavy atom. The number of hydrogen-bond donors (Lipinski definition) is 2. The fourth-order valence-electron chi connectivity index (χ4n) is 5.28. The summed E-state index contributed by atoms with van der Waals surface area (Å²) in [7, 11) is 3.70. The van der Waals surface area contributed by atoms with E-state index in [1.54, 1.807) is 6.92 Å². The van der Waals surface area contributed by atoms with Gasteiger partial charge in [0.2, 0.25) is 0 Å². The first-order valence-electron chi connectivity index (χ1n) is 13.8. The van der Waals surface area contributed by atoms with Crippen molar-refractivity contribution in [3.05, 3.63) is 62.4 Å². The Hall–Kier alpha value is -3.35.